The summed E-state index contributed by atoms with van der Waals surface area (Å²) in [6.45, 7) is 0.632. The number of benzene rings is 3. The summed E-state index contributed by atoms with van der Waals surface area (Å²) in [5.74, 6) is 0.0541. The summed E-state index contributed by atoms with van der Waals surface area (Å²) < 4.78 is 1.83. The van der Waals surface area contributed by atoms with Gasteiger partial charge in [0, 0.05) is 18.9 Å². The molecule has 134 valence electrons. The molecule has 0 saturated heterocycles. The monoisotopic (exact) mass is 355 g/mol. The van der Waals surface area contributed by atoms with Gasteiger partial charge in [-0.25, -0.2) is 4.68 Å². The van der Waals surface area contributed by atoms with Crippen molar-refractivity contribution in [2.75, 3.05) is 6.54 Å². The predicted molar refractivity (Wildman–Crippen MR) is 108 cm³/mol. The average Bonchev–Trinajstić information content (AvgIpc) is 3.23. The van der Waals surface area contributed by atoms with E-state index >= 15 is 0 Å². The molecule has 0 saturated carbocycles. The number of nitrogens with zero attached hydrogens (tertiary/aromatic N) is 2. The van der Waals surface area contributed by atoms with Gasteiger partial charge in [0.2, 0.25) is 5.91 Å². The number of fused-ring (bicyclic) bond motifs is 1. The van der Waals surface area contributed by atoms with Crippen molar-refractivity contribution in [1.82, 2.24) is 15.1 Å². The molecule has 4 nitrogen and oxygen atoms in total. The van der Waals surface area contributed by atoms with E-state index in [1.54, 1.807) is 6.20 Å². The maximum Gasteiger partial charge on any atom is 0.224 e. The van der Waals surface area contributed by atoms with Gasteiger partial charge in [-0.05, 0) is 46.5 Å². The molecule has 0 bridgehead atoms. The van der Waals surface area contributed by atoms with Crippen LogP contribution in [0.3, 0.4) is 0 Å². The van der Waals surface area contributed by atoms with Gasteiger partial charge < -0.3 is 5.32 Å². The molecule has 0 fully saturated rings. The Balaban J connectivity index is 1.28. The molecule has 1 N–H and O–H groups in total. The second-order valence-corrected chi connectivity index (χ2v) is 6.58. The summed E-state index contributed by atoms with van der Waals surface area (Å²) in [5, 5.41) is 9.59. The normalized spacial score (nSPS) is 10.8. The lowest BCUT2D eigenvalue weighted by Gasteiger charge is -2.07. The molecule has 0 unspecified atom stereocenters. The molecule has 0 spiro atoms. The maximum absolute atomic E-state index is 12.2. The highest BCUT2D eigenvalue weighted by Gasteiger charge is 2.04. The molecule has 27 heavy (non-hydrogen) atoms. The average molecular weight is 355 g/mol. The highest BCUT2D eigenvalue weighted by Crippen LogP contribution is 2.16. The number of rotatable bonds is 6. The molecule has 1 heterocycles. The molecular weight excluding hydrogens is 334 g/mol. The molecule has 4 aromatic rings. The first-order valence-corrected chi connectivity index (χ1v) is 9.11. The molecule has 0 atom stereocenters. The smallest absolute Gasteiger partial charge is 0.224 e. The molecule has 0 radical (unpaired) electrons. The van der Waals surface area contributed by atoms with Gasteiger partial charge in [0.15, 0.2) is 0 Å². The minimum Gasteiger partial charge on any atom is -0.355 e. The third-order valence-corrected chi connectivity index (χ3v) is 4.62. The quantitative estimate of drug-likeness (QED) is 0.570. The Morgan fingerprint density at radius 1 is 0.889 bits per heavy atom. The Bertz CT molecular complexity index is 1040. The van der Waals surface area contributed by atoms with Crippen LogP contribution in [0.4, 0.5) is 0 Å². The van der Waals surface area contributed by atoms with Crippen LogP contribution in [-0.4, -0.2) is 22.2 Å². The van der Waals surface area contributed by atoms with Crippen LogP contribution in [0.25, 0.3) is 16.5 Å². The predicted octanol–water partition coefficient (Wildman–Crippen LogP) is 3.93. The molecule has 0 aliphatic heterocycles. The van der Waals surface area contributed by atoms with Crippen LogP contribution in [0.1, 0.15) is 11.1 Å². The Morgan fingerprint density at radius 3 is 2.44 bits per heavy atom. The van der Waals surface area contributed by atoms with Gasteiger partial charge in [-0.1, -0.05) is 54.6 Å². The van der Waals surface area contributed by atoms with Gasteiger partial charge in [-0.15, -0.1) is 0 Å². The van der Waals surface area contributed by atoms with E-state index in [0.29, 0.717) is 13.0 Å². The highest BCUT2D eigenvalue weighted by molar-refractivity contribution is 5.85. The van der Waals surface area contributed by atoms with E-state index in [-0.39, 0.29) is 5.91 Å². The first-order chi connectivity index (χ1) is 13.3. The Kier molecular flexibility index (Phi) is 4.97. The van der Waals surface area contributed by atoms with Gasteiger partial charge in [0.05, 0.1) is 12.1 Å². The van der Waals surface area contributed by atoms with Crippen LogP contribution in [0.5, 0.6) is 0 Å². The van der Waals surface area contributed by atoms with Crippen molar-refractivity contribution >= 4 is 16.7 Å². The minimum absolute atomic E-state index is 0.0541. The number of hydrogen-bond donors (Lipinski definition) is 1. The van der Waals surface area contributed by atoms with E-state index in [1.807, 2.05) is 47.3 Å². The molecular formula is C23H21N3O. The van der Waals surface area contributed by atoms with Crippen molar-refractivity contribution < 1.29 is 4.79 Å². The number of hydrogen-bond acceptors (Lipinski definition) is 2. The maximum atomic E-state index is 12.2. The molecule has 4 rings (SSSR count). The second kappa shape index (κ2) is 7.87. The van der Waals surface area contributed by atoms with E-state index in [9.17, 15) is 4.79 Å². The lowest BCUT2D eigenvalue weighted by Crippen LogP contribution is -2.27. The molecule has 4 heteroatoms. The topological polar surface area (TPSA) is 46.9 Å². The standard InChI is InChI=1S/C23H21N3O/c27-23(17-19-6-9-20-4-1-2-5-21(20)16-19)24-14-12-18-7-10-22(11-8-18)26-15-3-13-25-26/h1-11,13,15-16H,12,14,17H2,(H,24,27). The van der Waals surface area contributed by atoms with Crippen molar-refractivity contribution in [3.8, 4) is 5.69 Å². The summed E-state index contributed by atoms with van der Waals surface area (Å²) in [7, 11) is 0. The molecule has 1 amide bonds. The van der Waals surface area contributed by atoms with E-state index in [2.05, 4.69) is 46.8 Å². The van der Waals surface area contributed by atoms with Crippen molar-refractivity contribution in [3.63, 3.8) is 0 Å². The van der Waals surface area contributed by atoms with Gasteiger partial charge in [-0.3, -0.25) is 4.79 Å². The number of carbonyl (C=O) groups excluding carboxylic acids is 1. The third kappa shape index (κ3) is 4.23. The van der Waals surface area contributed by atoms with Crippen LogP contribution in [0, 0.1) is 0 Å². The number of amides is 1. The van der Waals surface area contributed by atoms with Crippen molar-refractivity contribution in [1.29, 1.82) is 0 Å². The number of nitrogens with one attached hydrogen (secondary N) is 1. The molecule has 0 aliphatic carbocycles. The first kappa shape index (κ1) is 17.0. The van der Waals surface area contributed by atoms with Crippen LogP contribution in [-0.2, 0) is 17.6 Å². The van der Waals surface area contributed by atoms with Gasteiger partial charge in [-0.2, -0.15) is 5.10 Å². The van der Waals surface area contributed by atoms with Crippen LogP contribution in [0.2, 0.25) is 0 Å². The van der Waals surface area contributed by atoms with E-state index in [4.69, 9.17) is 0 Å². The van der Waals surface area contributed by atoms with Crippen LogP contribution < -0.4 is 5.32 Å². The molecule has 3 aromatic carbocycles. The second-order valence-electron chi connectivity index (χ2n) is 6.58. The zero-order chi connectivity index (χ0) is 18.5. The van der Waals surface area contributed by atoms with E-state index in [0.717, 1.165) is 17.7 Å². The lowest BCUT2D eigenvalue weighted by atomic mass is 10.0. The SMILES string of the molecule is O=C(Cc1ccc2ccccc2c1)NCCc1ccc(-n2cccn2)cc1. The number of carbonyl (C=O) groups is 1. The van der Waals surface area contributed by atoms with Crippen molar-refractivity contribution in [3.05, 3.63) is 96.3 Å². The van der Waals surface area contributed by atoms with E-state index in [1.165, 1.54) is 16.3 Å². The Morgan fingerprint density at radius 2 is 1.67 bits per heavy atom. The van der Waals surface area contributed by atoms with Crippen LogP contribution >= 0.6 is 0 Å². The fourth-order valence-electron chi connectivity index (χ4n) is 3.18. The minimum atomic E-state index is 0.0541. The van der Waals surface area contributed by atoms with E-state index < -0.39 is 0 Å². The van der Waals surface area contributed by atoms with Crippen molar-refractivity contribution in [2.24, 2.45) is 0 Å². The van der Waals surface area contributed by atoms with Gasteiger partial charge >= 0.3 is 0 Å². The van der Waals surface area contributed by atoms with Crippen molar-refractivity contribution in [2.45, 2.75) is 12.8 Å². The van der Waals surface area contributed by atoms with Gasteiger partial charge in [0.1, 0.15) is 0 Å². The third-order valence-electron chi connectivity index (χ3n) is 4.62. The summed E-state index contributed by atoms with van der Waals surface area (Å²) >= 11 is 0. The Labute approximate surface area is 158 Å². The van der Waals surface area contributed by atoms with Crippen LogP contribution in [0.15, 0.2) is 85.2 Å². The largest absolute Gasteiger partial charge is 0.355 e. The summed E-state index contributed by atoms with van der Waals surface area (Å²) in [5.41, 5.74) is 3.26. The fraction of sp³-hybridized carbons (Fsp3) is 0.130. The summed E-state index contributed by atoms with van der Waals surface area (Å²) in [4.78, 5) is 12.2. The zero-order valence-corrected chi connectivity index (χ0v) is 15.0. The zero-order valence-electron chi connectivity index (χ0n) is 15.0. The Hall–Kier alpha value is -3.40. The molecule has 0 aliphatic rings. The number of aromatic nitrogens is 2. The summed E-state index contributed by atoms with van der Waals surface area (Å²) in [6, 6.07) is 24.5. The first-order valence-electron chi connectivity index (χ1n) is 9.11. The van der Waals surface area contributed by atoms with Gasteiger partial charge in [0.25, 0.3) is 0 Å². The molecule has 1 aromatic heterocycles. The highest BCUT2D eigenvalue weighted by atomic mass is 16.1. The fourth-order valence-corrected chi connectivity index (χ4v) is 3.18. The lowest BCUT2D eigenvalue weighted by molar-refractivity contribution is -0.120. The summed E-state index contributed by atoms with van der Waals surface area (Å²) in [6.07, 6.45) is 4.90.